The molecule has 0 atom stereocenters. The van der Waals surface area contributed by atoms with Crippen LogP contribution in [0.25, 0.3) is 28.2 Å². The molecule has 4 aromatic rings. The zero-order chi connectivity index (χ0) is 25.4. The molecule has 1 aliphatic heterocycles. The molecule has 9 heteroatoms. The van der Waals surface area contributed by atoms with E-state index in [0.29, 0.717) is 37.0 Å². The first kappa shape index (κ1) is 23.8. The lowest BCUT2D eigenvalue weighted by Crippen LogP contribution is -2.47. The summed E-state index contributed by atoms with van der Waals surface area (Å²) in [6.07, 6.45) is 6.82. The third-order valence-electron chi connectivity index (χ3n) is 7.14. The van der Waals surface area contributed by atoms with Crippen LogP contribution in [0.15, 0.2) is 60.8 Å². The molecule has 0 bridgehead atoms. The molecule has 2 aliphatic rings. The van der Waals surface area contributed by atoms with Crippen molar-refractivity contribution in [3.05, 3.63) is 66.0 Å². The highest BCUT2D eigenvalue weighted by molar-refractivity contribution is 5.71. The first-order chi connectivity index (χ1) is 18.0. The minimum absolute atomic E-state index is 0.00930. The summed E-state index contributed by atoms with van der Waals surface area (Å²) >= 11 is 0. The summed E-state index contributed by atoms with van der Waals surface area (Å²) in [5.74, 6) is 0.747. The van der Waals surface area contributed by atoms with Gasteiger partial charge in [0.25, 0.3) is 0 Å². The summed E-state index contributed by atoms with van der Waals surface area (Å²) in [5.41, 5.74) is 4.40. The van der Waals surface area contributed by atoms with Gasteiger partial charge in [0.05, 0.1) is 31.1 Å². The monoisotopic (exact) mass is 506 g/mol. The van der Waals surface area contributed by atoms with Crippen molar-refractivity contribution in [2.75, 3.05) is 19.7 Å². The lowest BCUT2D eigenvalue weighted by Gasteiger charge is -2.45. The maximum Gasteiger partial charge on any atom is 0.387 e. The Morgan fingerprint density at radius 2 is 1.81 bits per heavy atom. The van der Waals surface area contributed by atoms with Crippen LogP contribution in [-0.2, 0) is 0 Å². The zero-order valence-corrected chi connectivity index (χ0v) is 20.4. The van der Waals surface area contributed by atoms with Gasteiger partial charge in [0.2, 0.25) is 0 Å². The molecule has 192 valence electrons. The SMILES string of the molecule is [O-][N+]1(c2cccc(-c3cc4nccc(-c5ccc(OC(F)F)c(OCC6CC6)c5)n4n3)c2)CCCCC1. The number of hydrogen-bond acceptors (Lipinski definition) is 5. The normalized spacial score (nSPS) is 17.3. The lowest BCUT2D eigenvalue weighted by atomic mass is 10.1. The van der Waals surface area contributed by atoms with Gasteiger partial charge in [-0.3, -0.25) is 0 Å². The maximum atomic E-state index is 13.4. The van der Waals surface area contributed by atoms with Crippen molar-refractivity contribution >= 4 is 11.3 Å². The second kappa shape index (κ2) is 9.72. The number of hydroxylamine groups is 2. The number of quaternary nitrogens is 1. The Labute approximate surface area is 213 Å². The highest BCUT2D eigenvalue weighted by Crippen LogP contribution is 2.37. The number of fused-ring (bicyclic) bond motifs is 1. The molecule has 3 heterocycles. The fourth-order valence-corrected chi connectivity index (χ4v) is 4.92. The van der Waals surface area contributed by atoms with Crippen molar-refractivity contribution in [3.63, 3.8) is 0 Å². The molecule has 37 heavy (non-hydrogen) atoms. The van der Waals surface area contributed by atoms with Gasteiger partial charge in [-0.15, -0.1) is 0 Å². The number of aromatic nitrogens is 3. The summed E-state index contributed by atoms with van der Waals surface area (Å²) in [5, 5.41) is 18.2. The zero-order valence-electron chi connectivity index (χ0n) is 20.4. The maximum absolute atomic E-state index is 13.4. The number of ether oxygens (including phenoxy) is 2. The van der Waals surface area contributed by atoms with Gasteiger partial charge in [-0.25, -0.2) is 9.50 Å². The molecule has 1 saturated heterocycles. The average Bonchev–Trinajstić information content (AvgIpc) is 3.63. The first-order valence-corrected chi connectivity index (χ1v) is 12.7. The molecule has 0 spiro atoms. The third-order valence-corrected chi connectivity index (χ3v) is 7.14. The van der Waals surface area contributed by atoms with Crippen molar-refractivity contribution < 1.29 is 18.3 Å². The Morgan fingerprint density at radius 1 is 0.973 bits per heavy atom. The minimum Gasteiger partial charge on any atom is -0.627 e. The molecule has 6 rings (SSSR count). The Hall–Kier alpha value is -3.56. The molecule has 0 radical (unpaired) electrons. The first-order valence-electron chi connectivity index (χ1n) is 12.7. The van der Waals surface area contributed by atoms with Crippen LogP contribution >= 0.6 is 0 Å². The van der Waals surface area contributed by atoms with Gasteiger partial charge in [0.1, 0.15) is 5.69 Å². The molecule has 0 amide bonds. The van der Waals surface area contributed by atoms with E-state index in [-0.39, 0.29) is 16.1 Å². The highest BCUT2D eigenvalue weighted by Gasteiger charge is 2.25. The Bertz CT molecular complexity index is 1410. The number of hydrogen-bond donors (Lipinski definition) is 0. The number of nitrogens with zero attached hydrogens (tertiary/aromatic N) is 4. The Kier molecular flexibility index (Phi) is 6.26. The largest absolute Gasteiger partial charge is 0.627 e. The fourth-order valence-electron chi connectivity index (χ4n) is 4.92. The number of benzene rings is 2. The molecule has 1 saturated carbocycles. The number of halogens is 2. The van der Waals surface area contributed by atoms with Crippen LogP contribution in [0.2, 0.25) is 0 Å². The van der Waals surface area contributed by atoms with E-state index >= 15 is 0 Å². The van der Waals surface area contributed by atoms with E-state index in [9.17, 15) is 14.0 Å². The quantitative estimate of drug-likeness (QED) is 0.203. The average molecular weight is 507 g/mol. The number of alkyl halides is 2. The number of piperidine rings is 1. The van der Waals surface area contributed by atoms with Crippen LogP contribution in [0.4, 0.5) is 14.5 Å². The third kappa shape index (κ3) is 5.01. The van der Waals surface area contributed by atoms with Gasteiger partial charge in [0, 0.05) is 29.5 Å². The van der Waals surface area contributed by atoms with Gasteiger partial charge < -0.3 is 19.3 Å². The molecule has 2 fully saturated rings. The van der Waals surface area contributed by atoms with Crippen molar-refractivity contribution in [2.45, 2.75) is 38.7 Å². The van der Waals surface area contributed by atoms with Crippen LogP contribution < -0.4 is 14.1 Å². The van der Waals surface area contributed by atoms with Gasteiger partial charge in [-0.1, -0.05) is 12.1 Å². The molecule has 1 aliphatic carbocycles. The number of rotatable bonds is 8. The summed E-state index contributed by atoms with van der Waals surface area (Å²) in [7, 11) is 0. The van der Waals surface area contributed by atoms with Crippen molar-refractivity contribution in [1.29, 1.82) is 0 Å². The van der Waals surface area contributed by atoms with Crippen LogP contribution in [0, 0.1) is 11.1 Å². The van der Waals surface area contributed by atoms with E-state index in [2.05, 4.69) is 9.72 Å². The molecular formula is C28H28F2N4O3. The van der Waals surface area contributed by atoms with E-state index in [1.165, 1.54) is 6.07 Å². The summed E-state index contributed by atoms with van der Waals surface area (Å²) in [6, 6.07) is 16.3. The van der Waals surface area contributed by atoms with E-state index in [4.69, 9.17) is 9.84 Å². The van der Waals surface area contributed by atoms with Crippen LogP contribution in [0.5, 0.6) is 11.5 Å². The molecule has 2 aromatic carbocycles. The minimum atomic E-state index is -2.94. The summed E-state index contributed by atoms with van der Waals surface area (Å²) in [6.45, 7) is -1.28. The van der Waals surface area contributed by atoms with Crippen molar-refractivity contribution in [2.24, 2.45) is 5.92 Å². The molecule has 7 nitrogen and oxygen atoms in total. The van der Waals surface area contributed by atoms with E-state index in [1.807, 2.05) is 36.4 Å². The summed E-state index contributed by atoms with van der Waals surface area (Å²) < 4.78 is 37.9. The van der Waals surface area contributed by atoms with Gasteiger partial charge in [0.15, 0.2) is 17.1 Å². The van der Waals surface area contributed by atoms with Crippen molar-refractivity contribution in [1.82, 2.24) is 19.2 Å². The smallest absolute Gasteiger partial charge is 0.387 e. The Morgan fingerprint density at radius 3 is 2.59 bits per heavy atom. The van der Waals surface area contributed by atoms with E-state index in [1.54, 1.807) is 22.8 Å². The van der Waals surface area contributed by atoms with Crippen LogP contribution in [0.3, 0.4) is 0 Å². The predicted molar refractivity (Wildman–Crippen MR) is 137 cm³/mol. The van der Waals surface area contributed by atoms with E-state index < -0.39 is 6.61 Å². The van der Waals surface area contributed by atoms with Crippen LogP contribution in [0.1, 0.15) is 32.1 Å². The van der Waals surface area contributed by atoms with Crippen LogP contribution in [-0.4, -0.2) is 40.9 Å². The molecular weight excluding hydrogens is 478 g/mol. The summed E-state index contributed by atoms with van der Waals surface area (Å²) in [4.78, 5) is 4.47. The predicted octanol–water partition coefficient (Wildman–Crippen LogP) is 6.44. The topological polar surface area (TPSA) is 71.7 Å². The molecule has 0 unspecified atom stereocenters. The lowest BCUT2D eigenvalue weighted by molar-refractivity contribution is -0.0515. The second-order valence-corrected chi connectivity index (χ2v) is 9.87. The fraction of sp³-hybridized carbons (Fsp3) is 0.357. The van der Waals surface area contributed by atoms with Gasteiger partial charge in [-0.05, 0) is 68.4 Å². The van der Waals surface area contributed by atoms with Crippen molar-refractivity contribution in [3.8, 4) is 34.0 Å². The van der Waals surface area contributed by atoms with E-state index in [0.717, 1.165) is 54.6 Å². The standard InChI is InChI=1S/C28H28F2N4O3/c29-28(30)37-25-10-9-21(16-26(25)36-18-19-7-8-19)24-11-12-31-27-17-23(32-33(24)27)20-5-4-6-22(15-20)34(35)13-2-1-3-14-34/h4-6,9-12,15-17,19,28H,1-3,7-8,13-14,18H2. The molecule has 2 aromatic heterocycles. The molecule has 0 N–H and O–H groups in total. The van der Waals surface area contributed by atoms with Gasteiger partial charge >= 0.3 is 6.61 Å². The Balaban J connectivity index is 1.36. The highest BCUT2D eigenvalue weighted by atomic mass is 19.3. The second-order valence-electron chi connectivity index (χ2n) is 9.87. The van der Waals surface area contributed by atoms with Gasteiger partial charge in [-0.2, -0.15) is 13.9 Å².